The number of nitrogens with zero attached hydrogens (tertiary/aromatic N) is 3. The van der Waals surface area contributed by atoms with Crippen molar-refractivity contribution in [1.82, 2.24) is 14.5 Å². The summed E-state index contributed by atoms with van der Waals surface area (Å²) in [4.78, 5) is 19.3. The predicted octanol–water partition coefficient (Wildman–Crippen LogP) is 3.37. The highest BCUT2D eigenvalue weighted by molar-refractivity contribution is 7.99. The van der Waals surface area contributed by atoms with Gasteiger partial charge in [0.25, 0.3) is 0 Å². The molecule has 3 aromatic rings. The minimum Gasteiger partial charge on any atom is -0.497 e. The number of carbonyl (C=O) groups excluding carboxylic acids is 1. The number of rotatable bonds is 5. The molecular weight excluding hydrogens is 374 g/mol. The van der Waals surface area contributed by atoms with Crippen LogP contribution in [0, 0.1) is 0 Å². The molecule has 6 nitrogen and oxygen atoms in total. The Morgan fingerprint density at radius 1 is 1.25 bits per heavy atom. The van der Waals surface area contributed by atoms with Crippen LogP contribution in [0.2, 0.25) is 0 Å². The van der Waals surface area contributed by atoms with Crippen molar-refractivity contribution in [2.45, 2.75) is 18.2 Å². The molecule has 146 valence electrons. The van der Waals surface area contributed by atoms with E-state index in [0.29, 0.717) is 25.4 Å². The van der Waals surface area contributed by atoms with Gasteiger partial charge in [0.15, 0.2) is 5.16 Å². The number of imidazole rings is 1. The van der Waals surface area contributed by atoms with Gasteiger partial charge in [-0.1, -0.05) is 23.9 Å². The van der Waals surface area contributed by atoms with E-state index in [-0.39, 0.29) is 12.0 Å². The Labute approximate surface area is 168 Å². The molecule has 1 unspecified atom stereocenters. The molecule has 28 heavy (non-hydrogen) atoms. The summed E-state index contributed by atoms with van der Waals surface area (Å²) in [5.41, 5.74) is 2.92. The van der Waals surface area contributed by atoms with Crippen LogP contribution in [0.15, 0.2) is 53.7 Å². The molecule has 0 aliphatic carbocycles. The Morgan fingerprint density at radius 3 is 2.79 bits per heavy atom. The normalized spacial score (nSPS) is 17.1. The minimum absolute atomic E-state index is 0.0894. The van der Waals surface area contributed by atoms with Gasteiger partial charge in [-0.2, -0.15) is 0 Å². The van der Waals surface area contributed by atoms with Crippen molar-refractivity contribution in [2.75, 3.05) is 32.6 Å². The van der Waals surface area contributed by atoms with Crippen LogP contribution in [0.5, 0.6) is 5.75 Å². The van der Waals surface area contributed by atoms with E-state index >= 15 is 0 Å². The van der Waals surface area contributed by atoms with Gasteiger partial charge in [0.05, 0.1) is 36.6 Å². The number of thioether (sulfide) groups is 1. The molecule has 0 bridgehead atoms. The number of carbonyl (C=O) groups is 1. The molecule has 0 radical (unpaired) electrons. The average molecular weight is 398 g/mol. The van der Waals surface area contributed by atoms with Gasteiger partial charge < -0.3 is 14.4 Å². The molecule has 7 heteroatoms. The van der Waals surface area contributed by atoms with E-state index in [1.54, 1.807) is 7.11 Å². The fraction of sp³-hybridized carbons (Fsp3) is 0.333. The van der Waals surface area contributed by atoms with Crippen molar-refractivity contribution >= 4 is 28.7 Å². The third-order valence-corrected chi connectivity index (χ3v) is 5.70. The molecule has 0 N–H and O–H groups in total. The quantitative estimate of drug-likeness (QED) is 0.618. The lowest BCUT2D eigenvalue weighted by molar-refractivity contribution is -0.135. The number of hydrogen-bond acceptors (Lipinski definition) is 5. The van der Waals surface area contributed by atoms with E-state index in [2.05, 4.69) is 4.57 Å². The Hall–Kier alpha value is -2.51. The number of methoxy groups -OCH3 is 1. The Balaban J connectivity index is 1.60. The zero-order valence-electron chi connectivity index (χ0n) is 16.0. The third kappa shape index (κ3) is 3.86. The lowest BCUT2D eigenvalue weighted by Crippen LogP contribution is -2.45. The van der Waals surface area contributed by atoms with Crippen molar-refractivity contribution in [3.05, 3.63) is 48.5 Å². The smallest absolute Gasteiger partial charge is 0.233 e. The van der Waals surface area contributed by atoms with Crippen molar-refractivity contribution in [3.8, 4) is 11.4 Å². The monoisotopic (exact) mass is 397 g/mol. The van der Waals surface area contributed by atoms with Gasteiger partial charge in [-0.15, -0.1) is 0 Å². The molecule has 1 amide bonds. The highest BCUT2D eigenvalue weighted by Crippen LogP contribution is 2.29. The maximum absolute atomic E-state index is 12.7. The van der Waals surface area contributed by atoms with E-state index in [4.69, 9.17) is 14.5 Å². The van der Waals surface area contributed by atoms with Crippen LogP contribution >= 0.6 is 11.8 Å². The molecule has 1 aliphatic rings. The molecule has 2 heterocycles. The van der Waals surface area contributed by atoms with E-state index in [9.17, 15) is 4.79 Å². The standard InChI is InChI=1S/C21H23N3O3S/c1-15-13-23(11-12-27-15)20(25)14-28-21-22-18-5-3-4-6-19(18)24(21)16-7-9-17(26-2)10-8-16/h3-10,15H,11-14H2,1-2H3. The van der Waals surface area contributed by atoms with Gasteiger partial charge in [0.1, 0.15) is 5.75 Å². The number of amides is 1. The number of ether oxygens (including phenoxy) is 2. The lowest BCUT2D eigenvalue weighted by atomic mass is 10.2. The van der Waals surface area contributed by atoms with Crippen molar-refractivity contribution in [2.24, 2.45) is 0 Å². The van der Waals surface area contributed by atoms with Crippen LogP contribution in [-0.2, 0) is 9.53 Å². The highest BCUT2D eigenvalue weighted by atomic mass is 32.2. The van der Waals surface area contributed by atoms with Gasteiger partial charge in [0, 0.05) is 18.8 Å². The van der Waals surface area contributed by atoms with Crippen molar-refractivity contribution < 1.29 is 14.3 Å². The summed E-state index contributed by atoms with van der Waals surface area (Å²) < 4.78 is 12.9. The third-order valence-electron chi connectivity index (χ3n) is 4.78. The molecule has 1 saturated heterocycles. The molecule has 2 aromatic carbocycles. The first-order chi connectivity index (χ1) is 13.7. The number of fused-ring (bicyclic) bond motifs is 1. The number of para-hydroxylation sites is 2. The van der Waals surface area contributed by atoms with E-state index in [1.807, 2.05) is 60.4 Å². The molecular formula is C21H23N3O3S. The largest absolute Gasteiger partial charge is 0.497 e. The van der Waals surface area contributed by atoms with Gasteiger partial charge >= 0.3 is 0 Å². The SMILES string of the molecule is COc1ccc(-n2c(SCC(=O)N3CCOC(C)C3)nc3ccccc32)cc1. The summed E-state index contributed by atoms with van der Waals surface area (Å²) in [5.74, 6) is 1.28. The molecule has 1 aromatic heterocycles. The van der Waals surface area contributed by atoms with E-state index < -0.39 is 0 Å². The summed E-state index contributed by atoms with van der Waals surface area (Å²) in [6, 6.07) is 15.9. The fourth-order valence-corrected chi connectivity index (χ4v) is 4.27. The van der Waals surface area contributed by atoms with Crippen LogP contribution < -0.4 is 4.74 Å². The number of benzene rings is 2. The van der Waals surface area contributed by atoms with Crippen molar-refractivity contribution in [1.29, 1.82) is 0 Å². The van der Waals surface area contributed by atoms with Gasteiger partial charge in [-0.25, -0.2) is 4.98 Å². The van der Waals surface area contributed by atoms with Gasteiger partial charge in [0.2, 0.25) is 5.91 Å². The summed E-state index contributed by atoms with van der Waals surface area (Å²) in [6.45, 7) is 3.89. The van der Waals surface area contributed by atoms with Gasteiger partial charge in [-0.3, -0.25) is 9.36 Å². The first-order valence-corrected chi connectivity index (χ1v) is 10.3. The summed E-state index contributed by atoms with van der Waals surface area (Å²) in [7, 11) is 1.65. The average Bonchev–Trinajstić information content (AvgIpc) is 3.10. The van der Waals surface area contributed by atoms with Crippen LogP contribution in [-0.4, -0.2) is 59.0 Å². The molecule has 1 aliphatic heterocycles. The molecule has 1 fully saturated rings. The Bertz CT molecular complexity index is 971. The second-order valence-electron chi connectivity index (χ2n) is 6.73. The number of aromatic nitrogens is 2. The van der Waals surface area contributed by atoms with Gasteiger partial charge in [-0.05, 0) is 43.3 Å². The second-order valence-corrected chi connectivity index (χ2v) is 7.67. The molecule has 0 saturated carbocycles. The van der Waals surface area contributed by atoms with Crippen LogP contribution in [0.25, 0.3) is 16.7 Å². The van der Waals surface area contributed by atoms with Crippen LogP contribution in [0.4, 0.5) is 0 Å². The molecule has 4 rings (SSSR count). The fourth-order valence-electron chi connectivity index (χ4n) is 3.34. The summed E-state index contributed by atoms with van der Waals surface area (Å²) in [5, 5.41) is 0.807. The lowest BCUT2D eigenvalue weighted by Gasteiger charge is -2.31. The molecule has 0 spiro atoms. The predicted molar refractivity (Wildman–Crippen MR) is 110 cm³/mol. The zero-order valence-corrected chi connectivity index (χ0v) is 16.8. The first-order valence-electron chi connectivity index (χ1n) is 9.30. The summed E-state index contributed by atoms with van der Waals surface area (Å²) >= 11 is 1.47. The first kappa shape index (κ1) is 18.8. The summed E-state index contributed by atoms with van der Waals surface area (Å²) in [6.07, 6.45) is 0.0894. The minimum atomic E-state index is 0.0894. The van der Waals surface area contributed by atoms with Crippen molar-refractivity contribution in [3.63, 3.8) is 0 Å². The zero-order chi connectivity index (χ0) is 19.5. The maximum atomic E-state index is 12.7. The molecule has 1 atom stereocenters. The number of morpholine rings is 1. The topological polar surface area (TPSA) is 56.6 Å². The Kier molecular flexibility index (Phi) is 5.54. The highest BCUT2D eigenvalue weighted by Gasteiger charge is 2.22. The Morgan fingerprint density at radius 2 is 2.04 bits per heavy atom. The second kappa shape index (κ2) is 8.24. The van der Waals surface area contributed by atoms with Crippen LogP contribution in [0.1, 0.15) is 6.92 Å². The van der Waals surface area contributed by atoms with E-state index in [1.165, 1.54) is 11.8 Å². The van der Waals surface area contributed by atoms with Crippen LogP contribution in [0.3, 0.4) is 0 Å². The maximum Gasteiger partial charge on any atom is 0.233 e. The number of hydrogen-bond donors (Lipinski definition) is 0. The van der Waals surface area contributed by atoms with E-state index in [0.717, 1.165) is 27.6 Å².